The highest BCUT2D eigenvalue weighted by molar-refractivity contribution is 8.00. The fourth-order valence-electron chi connectivity index (χ4n) is 2.34. The minimum Gasteiger partial charge on any atom is -0.324 e. The van der Waals surface area contributed by atoms with Crippen molar-refractivity contribution in [3.8, 4) is 0 Å². The van der Waals surface area contributed by atoms with Crippen molar-refractivity contribution in [1.29, 1.82) is 0 Å². The molecule has 1 saturated carbocycles. The van der Waals surface area contributed by atoms with E-state index >= 15 is 0 Å². The van der Waals surface area contributed by atoms with E-state index in [1.54, 1.807) is 6.07 Å². The van der Waals surface area contributed by atoms with E-state index in [2.05, 4.69) is 10.6 Å². The zero-order valence-electron chi connectivity index (χ0n) is 11.4. The molecule has 2 rings (SSSR count). The number of alkyl halides is 3. The predicted molar refractivity (Wildman–Crippen MR) is 77.2 cm³/mol. The summed E-state index contributed by atoms with van der Waals surface area (Å²) in [6, 6.07) is 6.27. The fourth-order valence-corrected chi connectivity index (χ4v) is 2.97. The topological polar surface area (TPSA) is 41.1 Å². The van der Waals surface area contributed by atoms with Gasteiger partial charge in [0.05, 0.1) is 12.2 Å². The summed E-state index contributed by atoms with van der Waals surface area (Å²) in [7, 11) is 0. The molecule has 0 heterocycles. The number of benzene rings is 1. The van der Waals surface area contributed by atoms with Crippen LogP contribution in [-0.2, 0) is 4.79 Å². The lowest BCUT2D eigenvalue weighted by Gasteiger charge is -2.14. The van der Waals surface area contributed by atoms with Gasteiger partial charge in [0, 0.05) is 10.9 Å². The second kappa shape index (κ2) is 7.17. The van der Waals surface area contributed by atoms with Crippen LogP contribution >= 0.6 is 11.8 Å². The Hall–Kier alpha value is -1.21. The quantitative estimate of drug-likeness (QED) is 0.812. The Morgan fingerprint density at radius 1 is 1.24 bits per heavy atom. The van der Waals surface area contributed by atoms with Gasteiger partial charge in [-0.25, -0.2) is 0 Å². The molecule has 3 nitrogen and oxygen atoms in total. The first kappa shape index (κ1) is 16.2. The first-order valence-electron chi connectivity index (χ1n) is 6.82. The number of halogens is 3. The van der Waals surface area contributed by atoms with Crippen molar-refractivity contribution in [2.75, 3.05) is 11.9 Å². The standard InChI is InChI=1S/C14H17F3N2OS/c15-14(16,17)21-12-8-4-3-7-11(12)19-13(20)9-18-10-5-1-2-6-10/h3-4,7-8,10,18H,1-2,5-6,9H2,(H,19,20). The van der Waals surface area contributed by atoms with Crippen molar-refractivity contribution in [3.63, 3.8) is 0 Å². The Bertz CT molecular complexity index is 487. The predicted octanol–water partition coefficient (Wildman–Crippen LogP) is 3.77. The second-order valence-corrected chi connectivity index (χ2v) is 6.06. The van der Waals surface area contributed by atoms with E-state index in [1.807, 2.05) is 0 Å². The lowest BCUT2D eigenvalue weighted by Crippen LogP contribution is -2.34. The minimum atomic E-state index is -4.37. The molecule has 1 aromatic rings. The molecule has 1 amide bonds. The van der Waals surface area contributed by atoms with Crippen molar-refractivity contribution in [1.82, 2.24) is 5.32 Å². The molecule has 0 atom stereocenters. The van der Waals surface area contributed by atoms with E-state index in [1.165, 1.54) is 18.2 Å². The number of carbonyl (C=O) groups excluding carboxylic acids is 1. The van der Waals surface area contributed by atoms with Crippen LogP contribution in [0.3, 0.4) is 0 Å². The number of anilines is 1. The lowest BCUT2D eigenvalue weighted by molar-refractivity contribution is -0.115. The average Bonchev–Trinajstić information content (AvgIpc) is 2.90. The minimum absolute atomic E-state index is 0.000726. The van der Waals surface area contributed by atoms with Gasteiger partial charge in [0.15, 0.2) is 0 Å². The SMILES string of the molecule is O=C(CNC1CCCC1)Nc1ccccc1SC(F)(F)F. The molecule has 1 aliphatic rings. The first-order valence-corrected chi connectivity index (χ1v) is 7.64. The van der Waals surface area contributed by atoms with Crippen LogP contribution in [0.1, 0.15) is 25.7 Å². The summed E-state index contributed by atoms with van der Waals surface area (Å²) in [6.07, 6.45) is 4.41. The molecule has 2 N–H and O–H groups in total. The zero-order valence-corrected chi connectivity index (χ0v) is 12.2. The van der Waals surface area contributed by atoms with Gasteiger partial charge < -0.3 is 10.6 Å². The van der Waals surface area contributed by atoms with Crippen molar-refractivity contribution in [2.45, 2.75) is 42.1 Å². The van der Waals surface area contributed by atoms with Crippen LogP contribution in [0.5, 0.6) is 0 Å². The molecule has 1 aromatic carbocycles. The largest absolute Gasteiger partial charge is 0.446 e. The van der Waals surface area contributed by atoms with Gasteiger partial charge in [-0.15, -0.1) is 0 Å². The summed E-state index contributed by atoms with van der Waals surface area (Å²) in [5, 5.41) is 5.66. The molecule has 0 aromatic heterocycles. The fraction of sp³-hybridized carbons (Fsp3) is 0.500. The van der Waals surface area contributed by atoms with E-state index in [0.29, 0.717) is 6.04 Å². The Labute approximate surface area is 125 Å². The van der Waals surface area contributed by atoms with E-state index in [9.17, 15) is 18.0 Å². The van der Waals surface area contributed by atoms with Gasteiger partial charge in [0.25, 0.3) is 0 Å². The molecule has 21 heavy (non-hydrogen) atoms. The lowest BCUT2D eigenvalue weighted by atomic mass is 10.2. The average molecular weight is 318 g/mol. The number of para-hydroxylation sites is 1. The molecule has 0 spiro atoms. The Morgan fingerprint density at radius 2 is 1.90 bits per heavy atom. The summed E-state index contributed by atoms with van der Waals surface area (Å²) in [4.78, 5) is 11.8. The highest BCUT2D eigenvalue weighted by Gasteiger charge is 2.30. The maximum atomic E-state index is 12.4. The Balaban J connectivity index is 1.90. The van der Waals surface area contributed by atoms with Crippen LogP contribution in [0.15, 0.2) is 29.2 Å². The summed E-state index contributed by atoms with van der Waals surface area (Å²) >= 11 is -0.222. The number of hydrogen-bond acceptors (Lipinski definition) is 3. The van der Waals surface area contributed by atoms with Crippen molar-refractivity contribution in [2.24, 2.45) is 0 Å². The van der Waals surface area contributed by atoms with E-state index < -0.39 is 5.51 Å². The van der Waals surface area contributed by atoms with Crippen molar-refractivity contribution in [3.05, 3.63) is 24.3 Å². The van der Waals surface area contributed by atoms with Crippen LogP contribution in [0.4, 0.5) is 18.9 Å². The molecule has 0 unspecified atom stereocenters. The Morgan fingerprint density at radius 3 is 2.57 bits per heavy atom. The maximum Gasteiger partial charge on any atom is 0.446 e. The van der Waals surface area contributed by atoms with Gasteiger partial charge in [-0.3, -0.25) is 4.79 Å². The first-order chi connectivity index (χ1) is 9.94. The molecule has 0 aliphatic heterocycles. The van der Waals surface area contributed by atoms with Crippen LogP contribution in [-0.4, -0.2) is 24.0 Å². The third-order valence-corrected chi connectivity index (χ3v) is 4.10. The Kier molecular flexibility index (Phi) is 5.52. The smallest absolute Gasteiger partial charge is 0.324 e. The normalized spacial score (nSPS) is 16.1. The van der Waals surface area contributed by atoms with Gasteiger partial charge in [-0.05, 0) is 36.7 Å². The summed E-state index contributed by atoms with van der Waals surface area (Å²) < 4.78 is 37.3. The molecule has 1 aliphatic carbocycles. The highest BCUT2D eigenvalue weighted by Crippen LogP contribution is 2.40. The highest BCUT2D eigenvalue weighted by atomic mass is 32.2. The van der Waals surface area contributed by atoms with Crippen molar-refractivity contribution >= 4 is 23.4 Å². The van der Waals surface area contributed by atoms with Gasteiger partial charge in [-0.1, -0.05) is 25.0 Å². The van der Waals surface area contributed by atoms with Crippen LogP contribution in [0.2, 0.25) is 0 Å². The van der Waals surface area contributed by atoms with Crippen LogP contribution in [0.25, 0.3) is 0 Å². The molecular weight excluding hydrogens is 301 g/mol. The molecule has 0 bridgehead atoms. The number of hydrogen-bond donors (Lipinski definition) is 2. The maximum absolute atomic E-state index is 12.4. The van der Waals surface area contributed by atoms with Gasteiger partial charge >= 0.3 is 5.51 Å². The number of carbonyl (C=O) groups is 1. The van der Waals surface area contributed by atoms with E-state index in [0.717, 1.165) is 25.7 Å². The molecule has 116 valence electrons. The number of rotatable bonds is 5. The van der Waals surface area contributed by atoms with Gasteiger partial charge in [0.2, 0.25) is 5.91 Å². The zero-order chi connectivity index (χ0) is 15.3. The van der Waals surface area contributed by atoms with Crippen molar-refractivity contribution < 1.29 is 18.0 Å². The van der Waals surface area contributed by atoms with Gasteiger partial charge in [-0.2, -0.15) is 13.2 Å². The number of amides is 1. The van der Waals surface area contributed by atoms with Crippen LogP contribution < -0.4 is 10.6 Å². The summed E-state index contributed by atoms with van der Waals surface area (Å²) in [6.45, 7) is 0.121. The summed E-state index contributed by atoms with van der Waals surface area (Å²) in [5.74, 6) is -0.322. The number of thioether (sulfide) groups is 1. The molecule has 1 fully saturated rings. The van der Waals surface area contributed by atoms with E-state index in [-0.39, 0.29) is 34.8 Å². The third-order valence-electron chi connectivity index (χ3n) is 3.29. The second-order valence-electron chi connectivity index (χ2n) is 4.95. The molecular formula is C14H17F3N2OS. The van der Waals surface area contributed by atoms with E-state index in [4.69, 9.17) is 0 Å². The molecule has 0 radical (unpaired) electrons. The third kappa shape index (κ3) is 5.59. The van der Waals surface area contributed by atoms with Gasteiger partial charge in [0.1, 0.15) is 0 Å². The van der Waals surface area contributed by atoms with Crippen LogP contribution in [0, 0.1) is 0 Å². The monoisotopic (exact) mass is 318 g/mol. The molecule has 0 saturated heterocycles. The summed E-state index contributed by atoms with van der Waals surface area (Å²) in [5.41, 5.74) is -4.18. The number of nitrogens with one attached hydrogen (secondary N) is 2. The molecule has 7 heteroatoms.